The van der Waals surface area contributed by atoms with Crippen molar-refractivity contribution in [3.05, 3.63) is 0 Å². The molecule has 3 saturated heterocycles. The van der Waals surface area contributed by atoms with E-state index in [-0.39, 0.29) is 13.0 Å². The van der Waals surface area contributed by atoms with E-state index in [1.807, 2.05) is 0 Å². The Balaban J connectivity index is 0.00000136. The third kappa shape index (κ3) is 8.63. The Hall–Kier alpha value is -1.32. The van der Waals surface area contributed by atoms with Gasteiger partial charge in [0, 0.05) is 25.6 Å². The molecule has 0 radical (unpaired) electrons. The fourth-order valence-corrected chi connectivity index (χ4v) is 5.68. The molecule has 0 aromatic rings. The lowest BCUT2D eigenvalue weighted by Crippen LogP contribution is -2.68. The first-order chi connectivity index (χ1) is 21.6. The Labute approximate surface area is 263 Å². The highest BCUT2D eigenvalue weighted by molar-refractivity contribution is 5.62. The Morgan fingerprint density at radius 2 is 1.15 bits per heavy atom. The molecule has 270 valence electrons. The van der Waals surface area contributed by atoms with Gasteiger partial charge in [-0.15, -0.1) is 0 Å². The molecule has 3 aliphatic heterocycles. The highest BCUT2D eigenvalue weighted by atomic mass is 19.1. The van der Waals surface area contributed by atoms with Gasteiger partial charge in [-0.1, -0.05) is 0 Å². The molecule has 1 saturated carbocycles. The summed E-state index contributed by atoms with van der Waals surface area (Å²) in [5.41, 5.74) is 29.8. The maximum absolute atomic E-state index is 14.0. The van der Waals surface area contributed by atoms with Gasteiger partial charge in [-0.05, 0) is 6.42 Å². The minimum Gasteiger partial charge on any atom is -0.481 e. The van der Waals surface area contributed by atoms with Gasteiger partial charge in [0.15, 0.2) is 18.9 Å². The van der Waals surface area contributed by atoms with Crippen LogP contribution in [-0.4, -0.2) is 183 Å². The van der Waals surface area contributed by atoms with Gasteiger partial charge in [-0.25, -0.2) is 4.39 Å². The number of rotatable bonds is 9. The standard InChI is InChI=1S/C23H44FN5O13.C2H4O2/c24-2-7-19(41-21-10(28)15(34)13(32)8(3-25)38-21)17(36)23(37-7)42-20-12(31)5(26)1-6(27)18(20)40-22-11(29)16(35)14(33)9(4-30)39-22;1-2(3)4/h5-23,30-36H,1-4,25-29H2;1H3,(H,3,4). The van der Waals surface area contributed by atoms with Gasteiger partial charge >= 0.3 is 0 Å². The van der Waals surface area contributed by atoms with E-state index in [0.717, 1.165) is 6.92 Å². The molecule has 0 aromatic carbocycles. The van der Waals surface area contributed by atoms with Crippen LogP contribution in [0.3, 0.4) is 0 Å². The van der Waals surface area contributed by atoms with Gasteiger partial charge in [-0.3, -0.25) is 4.79 Å². The maximum atomic E-state index is 14.0. The summed E-state index contributed by atoms with van der Waals surface area (Å²) in [4.78, 5) is 9.00. The van der Waals surface area contributed by atoms with Crippen molar-refractivity contribution < 1.29 is 78.5 Å². The Kier molecular flexibility index (Phi) is 14.3. The van der Waals surface area contributed by atoms with Gasteiger partial charge in [0.1, 0.15) is 73.8 Å². The Bertz CT molecular complexity index is 959. The molecular formula is C25H48FN5O15. The number of aliphatic carboxylic acids is 1. The van der Waals surface area contributed by atoms with Crippen LogP contribution < -0.4 is 28.7 Å². The molecular weight excluding hydrogens is 629 g/mol. The molecule has 20 nitrogen and oxygen atoms in total. The van der Waals surface area contributed by atoms with E-state index >= 15 is 0 Å². The normalized spacial score (nSPS) is 49.7. The first-order valence-corrected chi connectivity index (χ1v) is 14.7. The number of halogens is 1. The van der Waals surface area contributed by atoms with Crippen molar-refractivity contribution in [2.75, 3.05) is 19.8 Å². The second kappa shape index (κ2) is 16.9. The van der Waals surface area contributed by atoms with Crippen LogP contribution >= 0.6 is 0 Å². The smallest absolute Gasteiger partial charge is 0.300 e. The van der Waals surface area contributed by atoms with Crippen molar-refractivity contribution in [3.63, 3.8) is 0 Å². The van der Waals surface area contributed by atoms with Gasteiger partial charge in [0.25, 0.3) is 5.97 Å². The third-order valence-electron chi connectivity index (χ3n) is 8.29. The first kappa shape index (κ1) is 39.1. The number of nitrogens with two attached hydrogens (primary N) is 5. The lowest BCUT2D eigenvalue weighted by atomic mass is 9.84. The summed E-state index contributed by atoms with van der Waals surface area (Å²) in [6.07, 6.45) is -21.3. The average molecular weight is 678 g/mol. The molecule has 0 bridgehead atoms. The van der Waals surface area contributed by atoms with E-state index in [1.54, 1.807) is 0 Å². The van der Waals surface area contributed by atoms with Crippen molar-refractivity contribution in [2.24, 2.45) is 28.7 Å². The number of carbonyl (C=O) groups is 1. The van der Waals surface area contributed by atoms with Crippen molar-refractivity contribution in [1.82, 2.24) is 0 Å². The Morgan fingerprint density at radius 1 is 0.696 bits per heavy atom. The van der Waals surface area contributed by atoms with E-state index in [9.17, 15) is 40.1 Å². The molecule has 19 atom stereocenters. The zero-order valence-electron chi connectivity index (χ0n) is 25.0. The second-order valence-corrected chi connectivity index (χ2v) is 11.7. The lowest BCUT2D eigenvalue weighted by Gasteiger charge is -2.47. The number of aliphatic hydroxyl groups excluding tert-OH is 7. The van der Waals surface area contributed by atoms with E-state index in [2.05, 4.69) is 0 Å². The number of aliphatic hydroxyl groups is 7. The summed E-state index contributed by atoms with van der Waals surface area (Å²) in [6.45, 7) is -0.939. The molecule has 19 unspecified atom stereocenters. The summed E-state index contributed by atoms with van der Waals surface area (Å²) in [6, 6.07) is -4.41. The quantitative estimate of drug-likeness (QED) is 0.108. The summed E-state index contributed by atoms with van der Waals surface area (Å²) in [5.74, 6) is -0.833. The van der Waals surface area contributed by atoms with Crippen molar-refractivity contribution in [2.45, 2.75) is 130 Å². The first-order valence-electron chi connectivity index (χ1n) is 14.7. The summed E-state index contributed by atoms with van der Waals surface area (Å²) in [5, 5.41) is 79.6. The van der Waals surface area contributed by atoms with Crippen LogP contribution in [-0.2, 0) is 33.2 Å². The van der Waals surface area contributed by atoms with Gasteiger partial charge < -0.3 is 97.9 Å². The minimum atomic E-state index is -1.70. The van der Waals surface area contributed by atoms with Crippen LogP contribution in [0.5, 0.6) is 0 Å². The van der Waals surface area contributed by atoms with Gasteiger partial charge in [0.2, 0.25) is 0 Å². The van der Waals surface area contributed by atoms with Crippen LogP contribution in [0.1, 0.15) is 13.3 Å². The highest BCUT2D eigenvalue weighted by Crippen LogP contribution is 2.34. The number of carboxylic acids is 1. The third-order valence-corrected chi connectivity index (χ3v) is 8.29. The zero-order chi connectivity index (χ0) is 34.6. The zero-order valence-corrected chi connectivity index (χ0v) is 25.0. The van der Waals surface area contributed by atoms with E-state index in [0.29, 0.717) is 0 Å². The maximum Gasteiger partial charge on any atom is 0.300 e. The molecule has 21 heteroatoms. The molecule has 0 spiro atoms. The Morgan fingerprint density at radius 3 is 1.65 bits per heavy atom. The SMILES string of the molecule is CC(=O)O.NCC1OC(OC2C(CF)OC(OC3C(O)C(N)CC(N)C3OC3OC(CO)C(O)C(O)C3N)C2O)C(N)C(O)C1O. The number of hydrogen-bond acceptors (Lipinski definition) is 19. The fourth-order valence-electron chi connectivity index (χ4n) is 5.68. The molecule has 46 heavy (non-hydrogen) atoms. The molecule has 4 rings (SSSR count). The van der Waals surface area contributed by atoms with E-state index in [4.69, 9.17) is 67.0 Å². The predicted octanol–water partition coefficient (Wildman–Crippen LogP) is -7.79. The topological polar surface area (TPSA) is 364 Å². The second-order valence-electron chi connectivity index (χ2n) is 11.7. The number of ether oxygens (including phenoxy) is 6. The fraction of sp³-hybridized carbons (Fsp3) is 0.960. The van der Waals surface area contributed by atoms with Crippen LogP contribution in [0.2, 0.25) is 0 Å². The number of alkyl halides is 1. The summed E-state index contributed by atoms with van der Waals surface area (Å²) in [7, 11) is 0. The molecule has 0 aromatic heterocycles. The molecule has 18 N–H and O–H groups in total. The van der Waals surface area contributed by atoms with Gasteiger partial charge in [-0.2, -0.15) is 0 Å². The van der Waals surface area contributed by atoms with E-state index in [1.165, 1.54) is 0 Å². The molecule has 3 heterocycles. The molecule has 4 aliphatic rings. The highest BCUT2D eigenvalue weighted by Gasteiger charge is 2.54. The monoisotopic (exact) mass is 677 g/mol. The van der Waals surface area contributed by atoms with Crippen LogP contribution in [0, 0.1) is 0 Å². The van der Waals surface area contributed by atoms with Crippen LogP contribution in [0.4, 0.5) is 4.39 Å². The minimum absolute atomic E-state index is 0.0442. The number of carboxylic acid groups (broad SMARTS) is 1. The van der Waals surface area contributed by atoms with Gasteiger partial charge in [0.05, 0.1) is 24.8 Å². The van der Waals surface area contributed by atoms with Crippen molar-refractivity contribution >= 4 is 5.97 Å². The van der Waals surface area contributed by atoms with E-state index < -0.39 is 136 Å². The average Bonchev–Trinajstić information content (AvgIpc) is 3.30. The molecule has 1 aliphatic carbocycles. The summed E-state index contributed by atoms with van der Waals surface area (Å²) < 4.78 is 48.1. The van der Waals surface area contributed by atoms with Crippen LogP contribution in [0.15, 0.2) is 0 Å². The lowest BCUT2D eigenvalue weighted by molar-refractivity contribution is -0.310. The molecule has 4 fully saturated rings. The summed E-state index contributed by atoms with van der Waals surface area (Å²) >= 11 is 0. The van der Waals surface area contributed by atoms with Crippen LogP contribution in [0.25, 0.3) is 0 Å². The number of hydrogen-bond donors (Lipinski definition) is 13. The van der Waals surface area contributed by atoms with Crippen molar-refractivity contribution in [3.8, 4) is 0 Å². The molecule has 0 amide bonds. The predicted molar refractivity (Wildman–Crippen MR) is 149 cm³/mol. The van der Waals surface area contributed by atoms with Crippen molar-refractivity contribution in [1.29, 1.82) is 0 Å². The largest absolute Gasteiger partial charge is 0.481 e.